The highest BCUT2D eigenvalue weighted by atomic mass is 79.9. The number of nitrogens with one attached hydrogen (secondary N) is 1. The van der Waals surface area contributed by atoms with Gasteiger partial charge in [-0.05, 0) is 71.4 Å². The second kappa shape index (κ2) is 8.57. The van der Waals surface area contributed by atoms with Crippen molar-refractivity contribution in [3.05, 3.63) is 50.6 Å². The Morgan fingerprint density at radius 2 is 2.19 bits per heavy atom. The standard InChI is InChI=1S/C17H22BrNOS/c1-3-19-14(12-17-16(18)8-10-21-17)7-9-20-15-6-4-5-13(2)11-15/h4-6,8,10-11,14,19H,3,7,9,12H2,1-2H3. The molecule has 1 heterocycles. The van der Waals surface area contributed by atoms with E-state index in [2.05, 4.69) is 58.7 Å². The smallest absolute Gasteiger partial charge is 0.119 e. The molecule has 2 rings (SSSR count). The van der Waals surface area contributed by atoms with Crippen LogP contribution in [0.5, 0.6) is 5.75 Å². The van der Waals surface area contributed by atoms with Gasteiger partial charge in [0.2, 0.25) is 0 Å². The van der Waals surface area contributed by atoms with Crippen LogP contribution in [0.3, 0.4) is 0 Å². The largest absolute Gasteiger partial charge is 0.494 e. The van der Waals surface area contributed by atoms with Crippen molar-refractivity contribution < 1.29 is 4.74 Å². The molecule has 1 N–H and O–H groups in total. The number of hydrogen-bond donors (Lipinski definition) is 1. The molecule has 0 radical (unpaired) electrons. The molecule has 1 aromatic carbocycles. The molecular formula is C17H22BrNOS. The number of likely N-dealkylation sites (N-methyl/N-ethyl adjacent to an activating group) is 1. The van der Waals surface area contributed by atoms with Crippen molar-refractivity contribution in [2.75, 3.05) is 13.2 Å². The number of rotatable bonds is 8. The third-order valence-corrected chi connectivity index (χ3v) is 5.29. The first-order chi connectivity index (χ1) is 10.2. The lowest BCUT2D eigenvalue weighted by atomic mass is 10.1. The van der Waals surface area contributed by atoms with Crippen molar-refractivity contribution in [1.82, 2.24) is 5.32 Å². The highest BCUT2D eigenvalue weighted by Crippen LogP contribution is 2.24. The third-order valence-electron chi connectivity index (χ3n) is 3.34. The molecule has 0 amide bonds. The van der Waals surface area contributed by atoms with Gasteiger partial charge in [-0.2, -0.15) is 0 Å². The van der Waals surface area contributed by atoms with Gasteiger partial charge in [0.1, 0.15) is 5.75 Å². The van der Waals surface area contributed by atoms with E-state index in [1.807, 2.05) is 23.5 Å². The van der Waals surface area contributed by atoms with Crippen molar-refractivity contribution in [2.45, 2.75) is 32.7 Å². The van der Waals surface area contributed by atoms with E-state index in [9.17, 15) is 0 Å². The molecule has 1 aromatic heterocycles. The van der Waals surface area contributed by atoms with Crippen LogP contribution < -0.4 is 10.1 Å². The van der Waals surface area contributed by atoms with Crippen molar-refractivity contribution >= 4 is 27.3 Å². The number of ether oxygens (including phenoxy) is 1. The molecule has 1 unspecified atom stereocenters. The number of hydrogen-bond acceptors (Lipinski definition) is 3. The first-order valence-electron chi connectivity index (χ1n) is 7.33. The summed E-state index contributed by atoms with van der Waals surface area (Å²) in [6.07, 6.45) is 2.05. The summed E-state index contributed by atoms with van der Waals surface area (Å²) < 4.78 is 7.08. The average Bonchev–Trinajstić information content (AvgIpc) is 2.84. The Morgan fingerprint density at radius 1 is 1.33 bits per heavy atom. The highest BCUT2D eigenvalue weighted by Gasteiger charge is 2.12. The lowest BCUT2D eigenvalue weighted by Gasteiger charge is -2.18. The quantitative estimate of drug-likeness (QED) is 0.722. The monoisotopic (exact) mass is 367 g/mol. The molecule has 0 spiro atoms. The fourth-order valence-electron chi connectivity index (χ4n) is 2.28. The Bertz CT molecular complexity index is 555. The topological polar surface area (TPSA) is 21.3 Å². The van der Waals surface area contributed by atoms with Gasteiger partial charge in [-0.3, -0.25) is 0 Å². The molecule has 0 saturated carbocycles. The molecule has 2 aromatic rings. The van der Waals surface area contributed by atoms with Crippen LogP contribution in [0.2, 0.25) is 0 Å². The number of aryl methyl sites for hydroxylation is 1. The summed E-state index contributed by atoms with van der Waals surface area (Å²) in [5, 5.41) is 5.68. The summed E-state index contributed by atoms with van der Waals surface area (Å²) in [4.78, 5) is 1.40. The second-order valence-electron chi connectivity index (χ2n) is 5.10. The van der Waals surface area contributed by atoms with Gasteiger partial charge in [0.15, 0.2) is 0 Å². The second-order valence-corrected chi connectivity index (χ2v) is 6.96. The van der Waals surface area contributed by atoms with Crippen molar-refractivity contribution in [2.24, 2.45) is 0 Å². The van der Waals surface area contributed by atoms with Gasteiger partial charge in [0.05, 0.1) is 6.61 Å². The van der Waals surface area contributed by atoms with E-state index < -0.39 is 0 Å². The maximum absolute atomic E-state index is 5.86. The molecule has 4 heteroatoms. The first kappa shape index (κ1) is 16.5. The molecule has 0 aliphatic rings. The molecule has 21 heavy (non-hydrogen) atoms. The van der Waals surface area contributed by atoms with Crippen LogP contribution in [-0.4, -0.2) is 19.2 Å². The Balaban J connectivity index is 1.84. The van der Waals surface area contributed by atoms with E-state index in [1.54, 1.807) is 0 Å². The van der Waals surface area contributed by atoms with Crippen molar-refractivity contribution in [3.63, 3.8) is 0 Å². The number of benzene rings is 1. The van der Waals surface area contributed by atoms with Crippen LogP contribution in [0, 0.1) is 6.92 Å². The lowest BCUT2D eigenvalue weighted by molar-refractivity contribution is 0.285. The SMILES string of the molecule is CCNC(CCOc1cccc(C)c1)Cc1sccc1Br. The minimum Gasteiger partial charge on any atom is -0.494 e. The lowest BCUT2D eigenvalue weighted by Crippen LogP contribution is -2.32. The fourth-order valence-corrected chi connectivity index (χ4v) is 3.88. The third kappa shape index (κ3) is 5.46. The summed E-state index contributed by atoms with van der Waals surface area (Å²) in [5.74, 6) is 0.961. The van der Waals surface area contributed by atoms with E-state index >= 15 is 0 Å². The predicted octanol–water partition coefficient (Wildman–Crippen LogP) is 4.81. The van der Waals surface area contributed by atoms with Crippen LogP contribution in [0.4, 0.5) is 0 Å². The van der Waals surface area contributed by atoms with E-state index in [0.29, 0.717) is 6.04 Å². The molecule has 0 fully saturated rings. The normalized spacial score (nSPS) is 12.3. The summed E-state index contributed by atoms with van der Waals surface area (Å²) in [6, 6.07) is 10.8. The molecule has 2 nitrogen and oxygen atoms in total. The summed E-state index contributed by atoms with van der Waals surface area (Å²) in [6.45, 7) is 5.96. The maximum atomic E-state index is 5.86. The summed E-state index contributed by atoms with van der Waals surface area (Å²) in [7, 11) is 0. The zero-order chi connectivity index (χ0) is 15.1. The number of thiophene rings is 1. The molecule has 0 bridgehead atoms. The predicted molar refractivity (Wildman–Crippen MR) is 94.5 cm³/mol. The first-order valence-corrected chi connectivity index (χ1v) is 9.01. The van der Waals surface area contributed by atoms with Gasteiger partial charge in [0, 0.05) is 15.4 Å². The van der Waals surface area contributed by atoms with Crippen molar-refractivity contribution in [3.8, 4) is 5.75 Å². The van der Waals surface area contributed by atoms with Gasteiger partial charge in [0.25, 0.3) is 0 Å². The van der Waals surface area contributed by atoms with Crippen LogP contribution >= 0.6 is 27.3 Å². The average molecular weight is 368 g/mol. The summed E-state index contributed by atoms with van der Waals surface area (Å²) in [5.41, 5.74) is 1.23. The van der Waals surface area contributed by atoms with Gasteiger partial charge >= 0.3 is 0 Å². The Kier molecular flexibility index (Phi) is 6.74. The Hall–Kier alpha value is -0.840. The van der Waals surface area contributed by atoms with Crippen molar-refractivity contribution in [1.29, 1.82) is 0 Å². The zero-order valence-corrected chi connectivity index (χ0v) is 15.0. The summed E-state index contributed by atoms with van der Waals surface area (Å²) >= 11 is 5.42. The van der Waals surface area contributed by atoms with Gasteiger partial charge in [-0.25, -0.2) is 0 Å². The minimum absolute atomic E-state index is 0.453. The molecule has 0 saturated heterocycles. The van der Waals surface area contributed by atoms with E-state index in [-0.39, 0.29) is 0 Å². The fraction of sp³-hybridized carbons (Fsp3) is 0.412. The Labute approximate surface area is 139 Å². The van der Waals surface area contributed by atoms with E-state index in [0.717, 1.165) is 31.7 Å². The van der Waals surface area contributed by atoms with Crippen LogP contribution in [0.15, 0.2) is 40.2 Å². The van der Waals surface area contributed by atoms with Crippen LogP contribution in [0.1, 0.15) is 23.8 Å². The molecule has 114 valence electrons. The molecule has 1 atom stereocenters. The van der Waals surface area contributed by atoms with E-state index in [1.165, 1.54) is 14.9 Å². The van der Waals surface area contributed by atoms with Crippen LogP contribution in [0.25, 0.3) is 0 Å². The molecular weight excluding hydrogens is 346 g/mol. The van der Waals surface area contributed by atoms with Gasteiger partial charge in [-0.15, -0.1) is 11.3 Å². The number of halogens is 1. The molecule has 0 aliphatic carbocycles. The Morgan fingerprint density at radius 3 is 2.86 bits per heavy atom. The maximum Gasteiger partial charge on any atom is 0.119 e. The van der Waals surface area contributed by atoms with Crippen LogP contribution in [-0.2, 0) is 6.42 Å². The van der Waals surface area contributed by atoms with Gasteiger partial charge in [-0.1, -0.05) is 19.1 Å². The highest BCUT2D eigenvalue weighted by molar-refractivity contribution is 9.10. The minimum atomic E-state index is 0.453. The van der Waals surface area contributed by atoms with Gasteiger partial charge < -0.3 is 10.1 Å². The molecule has 0 aliphatic heterocycles. The van der Waals surface area contributed by atoms with E-state index in [4.69, 9.17) is 4.74 Å². The zero-order valence-electron chi connectivity index (χ0n) is 12.6.